The van der Waals surface area contributed by atoms with Gasteiger partial charge in [0.05, 0.1) is 13.2 Å². The Morgan fingerprint density at radius 2 is 1.42 bits per heavy atom. The highest BCUT2D eigenvalue weighted by Crippen LogP contribution is 2.41. The molecule has 2 fully saturated rings. The highest BCUT2D eigenvalue weighted by molar-refractivity contribution is 5.75. The average Bonchev–Trinajstić information content (AvgIpc) is 3.17. The third kappa shape index (κ3) is 6.03. The number of halogens is 2. The fourth-order valence-electron chi connectivity index (χ4n) is 3.94. The third-order valence-electron chi connectivity index (χ3n) is 6.00. The number of hydrogen-bond donors (Lipinski definition) is 6. The lowest BCUT2D eigenvalue weighted by molar-refractivity contribution is -0.0611. The molecule has 0 unspecified atom stereocenters. The first kappa shape index (κ1) is 33.1. The Balaban J connectivity index is 0.000000361. The maximum atomic E-state index is 14.4. The quantitative estimate of drug-likeness (QED) is 0.222. The molecule has 211 valence electrons. The van der Waals surface area contributed by atoms with Crippen molar-refractivity contribution in [3.8, 4) is 0 Å². The first-order valence-corrected chi connectivity index (χ1v) is 10.7. The first-order chi connectivity index (χ1) is 16.7. The van der Waals surface area contributed by atoms with Crippen molar-refractivity contribution in [2.45, 2.75) is 69.5 Å². The number of nitrogen functional groups attached to an aromatic ring is 1. The molecule has 0 saturated carbocycles. The van der Waals surface area contributed by atoms with Crippen LogP contribution in [0.1, 0.15) is 33.7 Å². The van der Waals surface area contributed by atoms with Crippen molar-refractivity contribution in [1.29, 1.82) is 0 Å². The molecule has 8 atom stereocenters. The normalized spacial score (nSPS) is 34.0. The minimum absolute atomic E-state index is 0. The van der Waals surface area contributed by atoms with Gasteiger partial charge in [0.2, 0.25) is 0 Å². The van der Waals surface area contributed by atoms with Crippen LogP contribution < -0.4 is 22.7 Å². The molecule has 0 aliphatic carbocycles. The summed E-state index contributed by atoms with van der Waals surface area (Å²) in [6.45, 7) is 1.04. The van der Waals surface area contributed by atoms with E-state index >= 15 is 0 Å². The van der Waals surface area contributed by atoms with Gasteiger partial charge in [-0.25, -0.2) is 18.4 Å². The standard InChI is InChI=1S/C10H14FN3O4.C10H13FN2O5.CH4.B/c1-10(11)7(16)5(4-15)18-8(10)14-3-2-6(12)13-9(14)17;1-10(11)7(16)5(4-14)18-8(10)13-3-2-6(15)12-9(13)17;;/h2-3,5,7-8,15-16H,4H2,1H3,(H2,12,13,17);2-3,5,7-8,14,16H,4H2,1H3,(H,12,15,17);1H4;/t2*5-,7-,8-,10-;;/m11../s1. The smallest absolute Gasteiger partial charge is 0.351 e. The molecule has 0 amide bonds. The van der Waals surface area contributed by atoms with Crippen molar-refractivity contribution in [1.82, 2.24) is 19.1 Å². The lowest BCUT2D eigenvalue weighted by Gasteiger charge is -2.24. The van der Waals surface area contributed by atoms with Crippen molar-refractivity contribution in [2.75, 3.05) is 18.9 Å². The molecule has 0 spiro atoms. The zero-order valence-corrected chi connectivity index (χ0v) is 19.8. The second-order valence-electron chi connectivity index (χ2n) is 8.67. The largest absolute Gasteiger partial charge is 0.394 e. The van der Waals surface area contributed by atoms with Crippen molar-refractivity contribution in [2.24, 2.45) is 0 Å². The van der Waals surface area contributed by atoms with E-state index in [-0.39, 0.29) is 21.7 Å². The Morgan fingerprint density at radius 3 is 1.82 bits per heavy atom. The number of nitrogens with zero attached hydrogens (tertiary/aromatic N) is 3. The average molecular weight is 546 g/mol. The van der Waals surface area contributed by atoms with Crippen LogP contribution in [0.2, 0.25) is 0 Å². The lowest BCUT2D eigenvalue weighted by Crippen LogP contribution is -2.43. The molecule has 2 aliphatic heterocycles. The molecule has 2 aliphatic rings. The summed E-state index contributed by atoms with van der Waals surface area (Å²) in [5.74, 6) is 0.00839. The van der Waals surface area contributed by atoms with Gasteiger partial charge in [0.1, 0.15) is 30.2 Å². The van der Waals surface area contributed by atoms with Crippen LogP contribution in [0.15, 0.2) is 38.9 Å². The van der Waals surface area contributed by atoms with Crippen LogP contribution in [-0.2, 0) is 9.47 Å². The van der Waals surface area contributed by atoms with E-state index in [1.807, 2.05) is 4.98 Å². The van der Waals surface area contributed by atoms with Crippen LogP contribution in [0.5, 0.6) is 0 Å². The van der Waals surface area contributed by atoms with Gasteiger partial charge in [-0.2, -0.15) is 4.98 Å². The van der Waals surface area contributed by atoms with Crippen LogP contribution >= 0.6 is 0 Å². The van der Waals surface area contributed by atoms with Gasteiger partial charge in [0, 0.05) is 26.9 Å². The number of H-pyrrole nitrogens is 1. The molecular formula is C21H31BF2N5O9. The van der Waals surface area contributed by atoms with Gasteiger partial charge in [-0.05, 0) is 19.9 Å². The molecule has 0 aromatic carbocycles. The Hall–Kier alpha value is -2.96. The summed E-state index contributed by atoms with van der Waals surface area (Å²) < 4.78 is 40.7. The number of aliphatic hydroxyl groups excluding tert-OH is 4. The highest BCUT2D eigenvalue weighted by Gasteiger charge is 2.56. The summed E-state index contributed by atoms with van der Waals surface area (Å²) in [7, 11) is 0. The number of nitrogens with one attached hydrogen (secondary N) is 1. The Kier molecular flexibility index (Phi) is 10.7. The summed E-state index contributed by atoms with van der Waals surface area (Å²) in [5, 5.41) is 37.2. The molecule has 3 radical (unpaired) electrons. The van der Waals surface area contributed by atoms with Crippen LogP contribution in [0.3, 0.4) is 0 Å². The minimum atomic E-state index is -2.25. The van der Waals surface area contributed by atoms with Crippen LogP contribution in [0, 0.1) is 0 Å². The monoisotopic (exact) mass is 546 g/mol. The lowest BCUT2D eigenvalue weighted by atomic mass is 9.98. The number of anilines is 1. The molecule has 4 rings (SSSR count). The predicted octanol–water partition coefficient (Wildman–Crippen LogP) is -2.42. The predicted molar refractivity (Wildman–Crippen MR) is 130 cm³/mol. The summed E-state index contributed by atoms with van der Waals surface area (Å²) in [4.78, 5) is 39.5. The summed E-state index contributed by atoms with van der Waals surface area (Å²) >= 11 is 0. The van der Waals surface area contributed by atoms with Gasteiger partial charge >= 0.3 is 11.4 Å². The number of nitrogens with two attached hydrogens (primary N) is 1. The van der Waals surface area contributed by atoms with Gasteiger partial charge < -0.3 is 35.6 Å². The highest BCUT2D eigenvalue weighted by atomic mass is 19.1. The fraction of sp³-hybridized carbons (Fsp3) is 0.619. The molecular weight excluding hydrogens is 515 g/mol. The maximum Gasteiger partial charge on any atom is 0.351 e. The zero-order chi connectivity index (χ0) is 27.0. The van der Waals surface area contributed by atoms with E-state index in [0.717, 1.165) is 35.2 Å². The summed E-state index contributed by atoms with van der Waals surface area (Å²) in [6.07, 6.45) is -5.75. The second kappa shape index (κ2) is 12.3. The number of hydrogen-bond acceptors (Lipinski definition) is 11. The SMILES string of the molecule is C.C[C@@]1(F)[C@H](O)[C@@H](CO)O[C@H]1n1ccc(=O)[nH]c1=O.C[C@@]1(F)[C@H](O)[C@@H](CO)O[C@H]1n1ccc(N)nc1=O.[B]. The molecule has 17 heteroatoms. The van der Waals surface area contributed by atoms with Crippen molar-refractivity contribution >= 4 is 14.2 Å². The van der Waals surface area contributed by atoms with Gasteiger partial charge in [0.15, 0.2) is 23.8 Å². The molecule has 38 heavy (non-hydrogen) atoms. The number of rotatable bonds is 4. The van der Waals surface area contributed by atoms with E-state index in [0.29, 0.717) is 0 Å². The van der Waals surface area contributed by atoms with Gasteiger partial charge in [-0.1, -0.05) is 7.43 Å². The zero-order valence-electron chi connectivity index (χ0n) is 19.8. The van der Waals surface area contributed by atoms with Crippen molar-refractivity contribution in [3.05, 3.63) is 55.8 Å². The second-order valence-corrected chi connectivity index (χ2v) is 8.67. The Morgan fingerprint density at radius 1 is 0.974 bits per heavy atom. The van der Waals surface area contributed by atoms with Crippen LogP contribution in [0.4, 0.5) is 14.6 Å². The molecule has 4 heterocycles. The summed E-state index contributed by atoms with van der Waals surface area (Å²) in [6, 6.07) is 2.36. The minimum Gasteiger partial charge on any atom is -0.394 e. The molecule has 0 bridgehead atoms. The number of aliphatic hydroxyl groups is 4. The summed E-state index contributed by atoms with van der Waals surface area (Å²) in [5.41, 5.74) is -1.39. The van der Waals surface area contributed by atoms with Gasteiger partial charge in [0.25, 0.3) is 5.56 Å². The van der Waals surface area contributed by atoms with Crippen LogP contribution in [0.25, 0.3) is 0 Å². The maximum absolute atomic E-state index is 14.4. The van der Waals surface area contributed by atoms with Gasteiger partial charge in [-0.3, -0.25) is 18.9 Å². The van der Waals surface area contributed by atoms with Gasteiger partial charge in [-0.15, -0.1) is 0 Å². The van der Waals surface area contributed by atoms with E-state index in [1.165, 1.54) is 12.3 Å². The molecule has 2 aromatic rings. The Labute approximate surface area is 216 Å². The van der Waals surface area contributed by atoms with Crippen molar-refractivity contribution in [3.63, 3.8) is 0 Å². The van der Waals surface area contributed by atoms with E-state index in [4.69, 9.17) is 25.4 Å². The fourth-order valence-corrected chi connectivity index (χ4v) is 3.94. The number of aromatic amines is 1. The van der Waals surface area contributed by atoms with E-state index < -0.39 is 78.4 Å². The van der Waals surface area contributed by atoms with E-state index in [9.17, 15) is 33.4 Å². The number of alkyl halides is 2. The van der Waals surface area contributed by atoms with Crippen LogP contribution in [-0.4, -0.2) is 96.9 Å². The topological polar surface area (TPSA) is 215 Å². The number of ether oxygens (including phenoxy) is 2. The molecule has 2 aromatic heterocycles. The molecule has 2 saturated heterocycles. The number of aromatic nitrogens is 4. The van der Waals surface area contributed by atoms with E-state index in [1.54, 1.807) is 0 Å². The first-order valence-electron chi connectivity index (χ1n) is 10.7. The van der Waals surface area contributed by atoms with Crippen molar-refractivity contribution < 1.29 is 38.7 Å². The molecule has 7 N–H and O–H groups in total. The Bertz CT molecular complexity index is 1250. The third-order valence-corrected chi connectivity index (χ3v) is 6.00. The molecule has 14 nitrogen and oxygen atoms in total. The van der Waals surface area contributed by atoms with E-state index in [2.05, 4.69) is 4.98 Å².